The van der Waals surface area contributed by atoms with Crippen LogP contribution in [0.3, 0.4) is 0 Å². The van der Waals surface area contributed by atoms with Gasteiger partial charge in [0.2, 0.25) is 5.91 Å². The minimum absolute atomic E-state index is 0. The zero-order valence-corrected chi connectivity index (χ0v) is 15.5. The number of benzene rings is 1. The lowest BCUT2D eigenvalue weighted by atomic mass is 9.89. The van der Waals surface area contributed by atoms with E-state index in [1.807, 2.05) is 18.2 Å². The molecule has 2 heterocycles. The van der Waals surface area contributed by atoms with Crippen molar-refractivity contribution in [3.63, 3.8) is 0 Å². The van der Waals surface area contributed by atoms with Gasteiger partial charge in [-0.3, -0.25) is 9.59 Å². The fourth-order valence-corrected chi connectivity index (χ4v) is 4.03. The van der Waals surface area contributed by atoms with Crippen LogP contribution in [0.15, 0.2) is 24.3 Å². The van der Waals surface area contributed by atoms with Crippen LogP contribution in [-0.4, -0.2) is 37.5 Å². The molecule has 25 heavy (non-hydrogen) atoms. The average molecular weight is 366 g/mol. The maximum atomic E-state index is 12.2. The number of amides is 2. The van der Waals surface area contributed by atoms with Crippen LogP contribution >= 0.6 is 12.4 Å². The highest BCUT2D eigenvalue weighted by atomic mass is 35.5. The summed E-state index contributed by atoms with van der Waals surface area (Å²) >= 11 is 0. The monoisotopic (exact) mass is 365 g/mol. The average Bonchev–Trinajstić information content (AvgIpc) is 2.93. The normalized spacial score (nSPS) is 24.3. The molecular formula is C19H28ClN3O2. The Morgan fingerprint density at radius 1 is 1.20 bits per heavy atom. The molecule has 0 saturated carbocycles. The molecule has 2 bridgehead atoms. The molecule has 2 aliphatic rings. The number of nitrogens with one attached hydrogen (secondary N) is 3. The van der Waals surface area contributed by atoms with Gasteiger partial charge < -0.3 is 16.0 Å². The second kappa shape index (κ2) is 9.20. The van der Waals surface area contributed by atoms with Gasteiger partial charge >= 0.3 is 0 Å². The molecule has 1 aromatic carbocycles. The first kappa shape index (κ1) is 19.7. The molecule has 2 fully saturated rings. The number of fused-ring (bicyclic) bond motifs is 2. The molecular weight excluding hydrogens is 338 g/mol. The van der Waals surface area contributed by atoms with E-state index >= 15 is 0 Å². The van der Waals surface area contributed by atoms with Gasteiger partial charge in [-0.15, -0.1) is 12.4 Å². The first-order valence-electron chi connectivity index (χ1n) is 8.98. The highest BCUT2D eigenvalue weighted by Gasteiger charge is 2.34. The Hall–Kier alpha value is -1.59. The van der Waals surface area contributed by atoms with E-state index in [0.29, 0.717) is 36.5 Å². The van der Waals surface area contributed by atoms with Gasteiger partial charge in [-0.2, -0.15) is 0 Å². The molecule has 2 aliphatic heterocycles. The van der Waals surface area contributed by atoms with Crippen molar-refractivity contribution in [2.45, 2.75) is 50.6 Å². The van der Waals surface area contributed by atoms with Gasteiger partial charge in [-0.1, -0.05) is 12.1 Å². The van der Waals surface area contributed by atoms with Crippen LogP contribution in [0.5, 0.6) is 0 Å². The molecule has 3 N–H and O–H groups in total. The van der Waals surface area contributed by atoms with E-state index in [-0.39, 0.29) is 24.2 Å². The molecule has 0 radical (unpaired) electrons. The maximum absolute atomic E-state index is 12.2. The Balaban J connectivity index is 0.00000225. The van der Waals surface area contributed by atoms with Gasteiger partial charge in [0.05, 0.1) is 0 Å². The van der Waals surface area contributed by atoms with E-state index < -0.39 is 0 Å². The number of hydrogen-bond acceptors (Lipinski definition) is 3. The summed E-state index contributed by atoms with van der Waals surface area (Å²) in [5.74, 6) is 0.602. The van der Waals surface area contributed by atoms with Crippen molar-refractivity contribution in [2.75, 3.05) is 13.6 Å². The molecule has 0 aliphatic carbocycles. The lowest BCUT2D eigenvalue weighted by Crippen LogP contribution is -2.39. The molecule has 2 atom stereocenters. The van der Waals surface area contributed by atoms with Crippen molar-refractivity contribution in [2.24, 2.45) is 5.92 Å². The van der Waals surface area contributed by atoms with Crippen LogP contribution in [0, 0.1) is 5.92 Å². The molecule has 5 nitrogen and oxygen atoms in total. The number of rotatable bonds is 6. The molecule has 6 heteroatoms. The SMILES string of the molecule is CNC(=O)c1cccc(CCNC(=O)CC2CC3CCC(C2)N3)c1.Cl. The van der Waals surface area contributed by atoms with E-state index in [1.165, 1.54) is 12.8 Å². The number of halogens is 1. The summed E-state index contributed by atoms with van der Waals surface area (Å²) in [6.07, 6.45) is 6.20. The van der Waals surface area contributed by atoms with Crippen LogP contribution in [0.25, 0.3) is 0 Å². The van der Waals surface area contributed by atoms with Gasteiger partial charge in [0.1, 0.15) is 0 Å². The minimum atomic E-state index is -0.0820. The third-order valence-corrected chi connectivity index (χ3v) is 5.20. The summed E-state index contributed by atoms with van der Waals surface area (Å²) in [6.45, 7) is 0.619. The Morgan fingerprint density at radius 3 is 2.60 bits per heavy atom. The fraction of sp³-hybridized carbons (Fsp3) is 0.579. The maximum Gasteiger partial charge on any atom is 0.251 e. The predicted molar refractivity (Wildman–Crippen MR) is 101 cm³/mol. The van der Waals surface area contributed by atoms with Crippen LogP contribution in [-0.2, 0) is 11.2 Å². The number of carbonyl (C=O) groups is 2. The molecule has 3 rings (SSSR count). The smallest absolute Gasteiger partial charge is 0.251 e. The van der Waals surface area contributed by atoms with Crippen LogP contribution in [0.2, 0.25) is 0 Å². The highest BCUT2D eigenvalue weighted by molar-refractivity contribution is 5.94. The summed E-state index contributed by atoms with van der Waals surface area (Å²) in [6, 6.07) is 8.82. The van der Waals surface area contributed by atoms with Crippen molar-refractivity contribution < 1.29 is 9.59 Å². The van der Waals surface area contributed by atoms with Crippen LogP contribution in [0.1, 0.15) is 48.0 Å². The summed E-state index contributed by atoms with van der Waals surface area (Å²) in [4.78, 5) is 23.8. The first-order chi connectivity index (χ1) is 11.6. The van der Waals surface area contributed by atoms with E-state index in [4.69, 9.17) is 0 Å². The lowest BCUT2D eigenvalue weighted by Gasteiger charge is -2.28. The summed E-state index contributed by atoms with van der Waals surface area (Å²) < 4.78 is 0. The van der Waals surface area contributed by atoms with Gasteiger partial charge in [0.25, 0.3) is 5.91 Å². The molecule has 1 aromatic rings. The van der Waals surface area contributed by atoms with Crippen LogP contribution in [0.4, 0.5) is 0 Å². The summed E-state index contributed by atoms with van der Waals surface area (Å²) in [5, 5.41) is 9.27. The molecule has 2 saturated heterocycles. The van der Waals surface area contributed by atoms with E-state index in [1.54, 1.807) is 13.1 Å². The van der Waals surface area contributed by atoms with E-state index in [2.05, 4.69) is 16.0 Å². The Bertz CT molecular complexity index is 596. The van der Waals surface area contributed by atoms with Crippen molar-refractivity contribution in [3.8, 4) is 0 Å². The summed E-state index contributed by atoms with van der Waals surface area (Å²) in [7, 11) is 1.63. The second-order valence-electron chi connectivity index (χ2n) is 7.06. The Morgan fingerprint density at radius 2 is 1.92 bits per heavy atom. The third-order valence-electron chi connectivity index (χ3n) is 5.20. The zero-order chi connectivity index (χ0) is 16.9. The number of piperidine rings is 1. The fourth-order valence-electron chi connectivity index (χ4n) is 4.03. The Labute approximate surface area is 155 Å². The molecule has 2 unspecified atom stereocenters. The molecule has 0 aromatic heterocycles. The van der Waals surface area contributed by atoms with E-state index in [0.717, 1.165) is 24.8 Å². The molecule has 2 amide bonds. The van der Waals surface area contributed by atoms with Gasteiger partial charge in [-0.05, 0) is 55.7 Å². The zero-order valence-electron chi connectivity index (χ0n) is 14.7. The molecule has 138 valence electrons. The first-order valence-corrected chi connectivity index (χ1v) is 8.98. The largest absolute Gasteiger partial charge is 0.356 e. The van der Waals surface area contributed by atoms with Gasteiger partial charge in [0.15, 0.2) is 0 Å². The quantitative estimate of drug-likeness (QED) is 0.722. The number of hydrogen-bond donors (Lipinski definition) is 3. The van der Waals surface area contributed by atoms with Gasteiger partial charge in [0, 0.05) is 37.7 Å². The number of carbonyl (C=O) groups excluding carboxylic acids is 2. The van der Waals surface area contributed by atoms with Gasteiger partial charge in [-0.25, -0.2) is 0 Å². The highest BCUT2D eigenvalue weighted by Crippen LogP contribution is 2.32. The third kappa shape index (κ3) is 5.44. The Kier molecular flexibility index (Phi) is 7.26. The van der Waals surface area contributed by atoms with Crippen LogP contribution < -0.4 is 16.0 Å². The molecule has 0 spiro atoms. The minimum Gasteiger partial charge on any atom is -0.356 e. The predicted octanol–water partition coefficient (Wildman–Crippen LogP) is 2.05. The summed E-state index contributed by atoms with van der Waals surface area (Å²) in [5.41, 5.74) is 1.72. The lowest BCUT2D eigenvalue weighted by molar-refractivity contribution is -0.122. The standard InChI is InChI=1S/C19H27N3O2.ClH/c1-20-19(24)15-4-2-3-13(9-15)7-8-21-18(23)12-14-10-16-5-6-17(11-14)22-16;/h2-4,9,14,16-17,22H,5-8,10-12H2,1H3,(H,20,24)(H,21,23);1H. The topological polar surface area (TPSA) is 70.2 Å². The van der Waals surface area contributed by atoms with E-state index in [9.17, 15) is 9.59 Å². The van der Waals surface area contributed by atoms with Crippen molar-refractivity contribution in [3.05, 3.63) is 35.4 Å². The second-order valence-corrected chi connectivity index (χ2v) is 7.06. The van der Waals surface area contributed by atoms with Crippen molar-refractivity contribution >= 4 is 24.2 Å². The van der Waals surface area contributed by atoms with Crippen molar-refractivity contribution in [1.82, 2.24) is 16.0 Å². The van der Waals surface area contributed by atoms with Crippen molar-refractivity contribution in [1.29, 1.82) is 0 Å².